The fourth-order valence-corrected chi connectivity index (χ4v) is 3.15. The van der Waals surface area contributed by atoms with E-state index in [1.54, 1.807) is 0 Å². The Morgan fingerprint density at radius 3 is 2.50 bits per heavy atom. The van der Waals surface area contributed by atoms with Crippen LogP contribution in [0, 0.1) is 13.8 Å². The Labute approximate surface area is 124 Å². The summed E-state index contributed by atoms with van der Waals surface area (Å²) in [4.78, 5) is 0. The second-order valence-electron chi connectivity index (χ2n) is 5.48. The molecule has 0 aliphatic carbocycles. The quantitative estimate of drug-likeness (QED) is 0.908. The minimum Gasteiger partial charge on any atom is -0.493 e. The fraction of sp³-hybridized carbons (Fsp3) is 0.294. The van der Waals surface area contributed by atoms with Crippen LogP contribution in [0.3, 0.4) is 0 Å². The van der Waals surface area contributed by atoms with E-state index in [1.165, 1.54) is 11.1 Å². The van der Waals surface area contributed by atoms with Crippen LogP contribution in [0.15, 0.2) is 30.3 Å². The van der Waals surface area contributed by atoms with Crippen molar-refractivity contribution >= 4 is 11.6 Å². The molecule has 0 amide bonds. The topological polar surface area (TPSA) is 35.2 Å². The highest BCUT2D eigenvalue weighted by molar-refractivity contribution is 6.30. The maximum absolute atomic E-state index is 6.46. The van der Waals surface area contributed by atoms with Crippen LogP contribution in [0.25, 0.3) is 0 Å². The van der Waals surface area contributed by atoms with Crippen molar-refractivity contribution in [3.05, 3.63) is 63.2 Å². The van der Waals surface area contributed by atoms with Crippen LogP contribution in [0.4, 0.5) is 0 Å². The van der Waals surface area contributed by atoms with Crippen LogP contribution in [-0.2, 0) is 6.42 Å². The molecule has 0 fully saturated rings. The molecule has 0 radical (unpaired) electrons. The number of aryl methyl sites for hydroxylation is 2. The highest BCUT2D eigenvalue weighted by Gasteiger charge is 2.22. The molecule has 3 rings (SSSR count). The normalized spacial score (nSPS) is 14.8. The monoisotopic (exact) mass is 287 g/mol. The molecule has 0 aromatic heterocycles. The predicted molar refractivity (Wildman–Crippen MR) is 82.6 cm³/mol. The SMILES string of the molecule is Cc1cc(C)cc(C(N)c2cc(Cl)cc3c2OCC3)c1. The van der Waals surface area contributed by atoms with Crippen molar-refractivity contribution in [2.45, 2.75) is 26.3 Å². The average Bonchev–Trinajstić information content (AvgIpc) is 2.83. The van der Waals surface area contributed by atoms with Gasteiger partial charge in [-0.2, -0.15) is 0 Å². The van der Waals surface area contributed by atoms with Gasteiger partial charge in [0.2, 0.25) is 0 Å². The zero-order valence-corrected chi connectivity index (χ0v) is 12.5. The molecule has 1 heterocycles. The Hall–Kier alpha value is -1.51. The van der Waals surface area contributed by atoms with Crippen molar-refractivity contribution in [1.29, 1.82) is 0 Å². The molecule has 0 saturated carbocycles. The minimum atomic E-state index is -0.209. The third-order valence-electron chi connectivity index (χ3n) is 3.72. The molecule has 2 aromatic rings. The molecule has 0 bridgehead atoms. The summed E-state index contributed by atoms with van der Waals surface area (Å²) in [5.41, 5.74) is 12.1. The minimum absolute atomic E-state index is 0.209. The molecule has 1 atom stereocenters. The lowest BCUT2D eigenvalue weighted by atomic mass is 9.94. The van der Waals surface area contributed by atoms with E-state index in [1.807, 2.05) is 12.1 Å². The third-order valence-corrected chi connectivity index (χ3v) is 3.93. The molecule has 1 aliphatic heterocycles. The van der Waals surface area contributed by atoms with Crippen molar-refractivity contribution < 1.29 is 4.74 Å². The summed E-state index contributed by atoms with van der Waals surface area (Å²) in [5, 5.41) is 0.726. The van der Waals surface area contributed by atoms with E-state index in [4.69, 9.17) is 22.1 Å². The van der Waals surface area contributed by atoms with E-state index in [9.17, 15) is 0 Å². The number of nitrogens with two attached hydrogens (primary N) is 1. The smallest absolute Gasteiger partial charge is 0.127 e. The molecule has 104 valence electrons. The van der Waals surface area contributed by atoms with E-state index in [0.29, 0.717) is 6.61 Å². The number of rotatable bonds is 2. The molecule has 2 aromatic carbocycles. The van der Waals surface area contributed by atoms with Crippen LogP contribution in [0.2, 0.25) is 5.02 Å². The summed E-state index contributed by atoms with van der Waals surface area (Å²) in [7, 11) is 0. The summed E-state index contributed by atoms with van der Waals surface area (Å²) in [6, 6.07) is 10.1. The summed E-state index contributed by atoms with van der Waals surface area (Å²) in [6.07, 6.45) is 0.905. The van der Waals surface area contributed by atoms with E-state index >= 15 is 0 Å². The van der Waals surface area contributed by atoms with Gasteiger partial charge in [-0.05, 0) is 37.1 Å². The zero-order valence-electron chi connectivity index (χ0n) is 11.7. The molecule has 3 heteroatoms. The Kier molecular flexibility index (Phi) is 3.45. The van der Waals surface area contributed by atoms with Crippen molar-refractivity contribution in [3.8, 4) is 5.75 Å². The van der Waals surface area contributed by atoms with Gasteiger partial charge in [0, 0.05) is 17.0 Å². The van der Waals surface area contributed by atoms with Gasteiger partial charge in [-0.1, -0.05) is 40.9 Å². The first kappa shape index (κ1) is 13.5. The Morgan fingerprint density at radius 1 is 1.10 bits per heavy atom. The van der Waals surface area contributed by atoms with Crippen molar-refractivity contribution in [2.24, 2.45) is 5.73 Å². The van der Waals surface area contributed by atoms with Crippen LogP contribution < -0.4 is 10.5 Å². The zero-order chi connectivity index (χ0) is 14.3. The van der Waals surface area contributed by atoms with Crippen LogP contribution >= 0.6 is 11.6 Å². The number of ether oxygens (including phenoxy) is 1. The van der Waals surface area contributed by atoms with Crippen LogP contribution in [0.1, 0.15) is 33.9 Å². The molecule has 0 spiro atoms. The maximum atomic E-state index is 6.46. The summed E-state index contributed by atoms with van der Waals surface area (Å²) in [6.45, 7) is 4.88. The van der Waals surface area contributed by atoms with Gasteiger partial charge in [0.1, 0.15) is 5.75 Å². The van der Waals surface area contributed by atoms with Gasteiger partial charge >= 0.3 is 0 Å². The second-order valence-corrected chi connectivity index (χ2v) is 5.92. The lowest BCUT2D eigenvalue weighted by Gasteiger charge is -2.17. The van der Waals surface area contributed by atoms with E-state index in [2.05, 4.69) is 32.0 Å². The van der Waals surface area contributed by atoms with Gasteiger partial charge in [-0.15, -0.1) is 0 Å². The first-order valence-electron chi connectivity index (χ1n) is 6.83. The lowest BCUT2D eigenvalue weighted by molar-refractivity contribution is 0.352. The van der Waals surface area contributed by atoms with Crippen molar-refractivity contribution in [1.82, 2.24) is 0 Å². The van der Waals surface area contributed by atoms with Crippen LogP contribution in [0.5, 0.6) is 5.75 Å². The fourth-order valence-electron chi connectivity index (χ4n) is 2.90. The van der Waals surface area contributed by atoms with E-state index in [-0.39, 0.29) is 6.04 Å². The molecule has 0 saturated heterocycles. The lowest BCUT2D eigenvalue weighted by Crippen LogP contribution is -2.13. The van der Waals surface area contributed by atoms with Gasteiger partial charge in [0.15, 0.2) is 0 Å². The van der Waals surface area contributed by atoms with Crippen LogP contribution in [-0.4, -0.2) is 6.61 Å². The summed E-state index contributed by atoms with van der Waals surface area (Å²) in [5.74, 6) is 0.918. The van der Waals surface area contributed by atoms with Crippen molar-refractivity contribution in [2.75, 3.05) is 6.61 Å². The highest BCUT2D eigenvalue weighted by Crippen LogP contribution is 2.37. The van der Waals surface area contributed by atoms with Gasteiger partial charge in [0.05, 0.1) is 12.6 Å². The number of hydrogen-bond acceptors (Lipinski definition) is 2. The molecular weight excluding hydrogens is 270 g/mol. The Bertz CT molecular complexity index is 646. The standard InChI is InChI=1S/C17H18ClNO/c1-10-5-11(2)7-13(6-10)16(19)15-9-14(18)8-12-3-4-20-17(12)15/h5-9,16H,3-4,19H2,1-2H3. The molecule has 2 nitrogen and oxygen atoms in total. The molecule has 2 N–H and O–H groups in total. The third kappa shape index (κ3) is 2.41. The number of hydrogen-bond donors (Lipinski definition) is 1. The van der Waals surface area contributed by atoms with Gasteiger partial charge < -0.3 is 10.5 Å². The predicted octanol–water partition coefficient (Wildman–Crippen LogP) is 3.94. The largest absolute Gasteiger partial charge is 0.493 e. The molecule has 1 aliphatic rings. The molecular formula is C17H18ClNO. The Balaban J connectivity index is 2.08. The van der Waals surface area contributed by atoms with Gasteiger partial charge in [-0.25, -0.2) is 0 Å². The number of halogens is 1. The first-order chi connectivity index (χ1) is 9.54. The average molecular weight is 288 g/mol. The first-order valence-corrected chi connectivity index (χ1v) is 7.21. The Morgan fingerprint density at radius 2 is 1.80 bits per heavy atom. The number of fused-ring (bicyclic) bond motifs is 1. The highest BCUT2D eigenvalue weighted by atomic mass is 35.5. The molecule has 1 unspecified atom stereocenters. The van der Waals surface area contributed by atoms with E-state index < -0.39 is 0 Å². The van der Waals surface area contributed by atoms with Gasteiger partial charge in [0.25, 0.3) is 0 Å². The van der Waals surface area contributed by atoms with Crippen molar-refractivity contribution in [3.63, 3.8) is 0 Å². The second kappa shape index (κ2) is 5.12. The van der Waals surface area contributed by atoms with Gasteiger partial charge in [-0.3, -0.25) is 0 Å². The van der Waals surface area contributed by atoms with E-state index in [0.717, 1.165) is 33.9 Å². The summed E-state index contributed by atoms with van der Waals surface area (Å²) < 4.78 is 5.75. The molecule has 20 heavy (non-hydrogen) atoms. The summed E-state index contributed by atoms with van der Waals surface area (Å²) >= 11 is 6.21. The maximum Gasteiger partial charge on any atom is 0.127 e. The number of benzene rings is 2.